The highest BCUT2D eigenvalue weighted by Gasteiger charge is 2.28. The molecule has 0 aliphatic heterocycles. The Labute approximate surface area is 68.2 Å². The van der Waals surface area contributed by atoms with Crippen molar-refractivity contribution in [2.45, 2.75) is 44.9 Å². The summed E-state index contributed by atoms with van der Waals surface area (Å²) in [5, 5.41) is 0. The number of fused-ring (bicyclic) bond motifs is 3. The van der Waals surface area contributed by atoms with Gasteiger partial charge in [0, 0.05) is 12.3 Å². The minimum atomic E-state index is 0.461. The zero-order valence-electron chi connectivity index (χ0n) is 7.01. The molecule has 1 nitrogen and oxygen atoms in total. The van der Waals surface area contributed by atoms with Gasteiger partial charge in [-0.1, -0.05) is 25.7 Å². The average Bonchev–Trinajstić information content (AvgIpc) is 2.16. The molecule has 2 rings (SSSR count). The number of hydrogen-bond donors (Lipinski definition) is 0. The summed E-state index contributed by atoms with van der Waals surface area (Å²) in [6.07, 6.45) is 8.54. The van der Waals surface area contributed by atoms with Gasteiger partial charge in [-0.05, 0) is 18.8 Å². The largest absolute Gasteiger partial charge is 0.299 e. The molecule has 0 aromatic heterocycles. The van der Waals surface area contributed by atoms with Gasteiger partial charge < -0.3 is 0 Å². The Bertz CT molecular complexity index is 152. The highest BCUT2D eigenvalue weighted by molar-refractivity contribution is 5.81. The van der Waals surface area contributed by atoms with Crippen LogP contribution in [0.5, 0.6) is 0 Å². The van der Waals surface area contributed by atoms with E-state index in [1.54, 1.807) is 0 Å². The normalized spacial score (nSPS) is 38.4. The number of rotatable bonds is 0. The summed E-state index contributed by atoms with van der Waals surface area (Å²) in [6.45, 7) is 0. The van der Waals surface area contributed by atoms with Crippen molar-refractivity contribution in [2.24, 2.45) is 11.8 Å². The molecule has 0 spiro atoms. The molecule has 0 saturated heterocycles. The lowest BCUT2D eigenvalue weighted by Gasteiger charge is -2.13. The molecule has 0 amide bonds. The number of carbonyl (C=O) groups excluding carboxylic acids is 1. The number of hydrogen-bond acceptors (Lipinski definition) is 1. The Kier molecular flexibility index (Phi) is 1.97. The third-order valence-electron chi connectivity index (χ3n) is 3.28. The predicted octanol–water partition coefficient (Wildman–Crippen LogP) is 2.55. The lowest BCUT2D eigenvalue weighted by atomic mass is 9.92. The Hall–Kier alpha value is -0.330. The van der Waals surface area contributed by atoms with Gasteiger partial charge >= 0.3 is 0 Å². The Morgan fingerprint density at radius 2 is 1.64 bits per heavy atom. The molecule has 11 heavy (non-hydrogen) atoms. The smallest absolute Gasteiger partial charge is 0.136 e. The quantitative estimate of drug-likeness (QED) is 0.521. The van der Waals surface area contributed by atoms with E-state index in [9.17, 15) is 4.79 Å². The van der Waals surface area contributed by atoms with E-state index < -0.39 is 0 Å². The van der Waals surface area contributed by atoms with Crippen molar-refractivity contribution < 1.29 is 4.79 Å². The molecule has 0 aromatic carbocycles. The summed E-state index contributed by atoms with van der Waals surface area (Å²) < 4.78 is 0. The van der Waals surface area contributed by atoms with Gasteiger partial charge in [-0.15, -0.1) is 0 Å². The molecule has 2 aliphatic rings. The molecule has 0 radical (unpaired) electrons. The standard InChI is InChI=1S/C10H16O/c11-10-7-8-3-1-5-9(10)6-2-4-8/h8-9H,1-7H2. The van der Waals surface area contributed by atoms with Crippen LogP contribution in [-0.4, -0.2) is 5.78 Å². The van der Waals surface area contributed by atoms with Gasteiger partial charge in [0.15, 0.2) is 0 Å². The fourth-order valence-corrected chi connectivity index (χ4v) is 2.57. The topological polar surface area (TPSA) is 17.1 Å². The molecule has 0 atom stereocenters. The molecule has 0 unspecified atom stereocenters. The summed E-state index contributed by atoms with van der Waals surface area (Å²) in [6, 6.07) is 0. The average molecular weight is 152 g/mol. The van der Waals surface area contributed by atoms with E-state index in [0.29, 0.717) is 11.7 Å². The van der Waals surface area contributed by atoms with Crippen LogP contribution in [0.2, 0.25) is 0 Å². The van der Waals surface area contributed by atoms with Gasteiger partial charge in [0.25, 0.3) is 0 Å². The van der Waals surface area contributed by atoms with Gasteiger partial charge in [0.1, 0.15) is 5.78 Å². The second kappa shape index (κ2) is 2.96. The van der Waals surface area contributed by atoms with E-state index in [2.05, 4.69) is 0 Å². The zero-order valence-corrected chi connectivity index (χ0v) is 7.01. The second-order valence-electron chi connectivity index (χ2n) is 4.10. The van der Waals surface area contributed by atoms with Gasteiger partial charge in [0.05, 0.1) is 0 Å². The van der Waals surface area contributed by atoms with Crippen LogP contribution in [-0.2, 0) is 4.79 Å². The molecule has 62 valence electrons. The predicted molar refractivity (Wildman–Crippen MR) is 44.3 cm³/mol. The Morgan fingerprint density at radius 3 is 2.27 bits per heavy atom. The molecule has 2 saturated carbocycles. The van der Waals surface area contributed by atoms with Crippen LogP contribution >= 0.6 is 0 Å². The van der Waals surface area contributed by atoms with E-state index in [4.69, 9.17) is 0 Å². The lowest BCUT2D eigenvalue weighted by Crippen LogP contribution is -2.10. The van der Waals surface area contributed by atoms with Crippen molar-refractivity contribution in [3.05, 3.63) is 0 Å². The van der Waals surface area contributed by atoms with Crippen LogP contribution in [0.4, 0.5) is 0 Å². The first-order chi connectivity index (χ1) is 5.36. The molecule has 2 fully saturated rings. The van der Waals surface area contributed by atoms with Gasteiger partial charge in [0.2, 0.25) is 0 Å². The first kappa shape index (κ1) is 7.33. The van der Waals surface area contributed by atoms with Crippen LogP contribution in [0, 0.1) is 11.8 Å². The second-order valence-corrected chi connectivity index (χ2v) is 4.10. The van der Waals surface area contributed by atoms with Crippen LogP contribution in [0.25, 0.3) is 0 Å². The number of carbonyl (C=O) groups is 1. The number of ketones is 1. The zero-order chi connectivity index (χ0) is 7.68. The minimum Gasteiger partial charge on any atom is -0.299 e. The summed E-state index contributed by atoms with van der Waals surface area (Å²) in [7, 11) is 0. The molecule has 0 aromatic rings. The van der Waals surface area contributed by atoms with Crippen LogP contribution in [0.3, 0.4) is 0 Å². The molecular formula is C10H16O. The van der Waals surface area contributed by atoms with Crippen molar-refractivity contribution in [3.63, 3.8) is 0 Å². The summed E-state index contributed by atoms with van der Waals surface area (Å²) in [4.78, 5) is 11.5. The van der Waals surface area contributed by atoms with Crippen molar-refractivity contribution in [2.75, 3.05) is 0 Å². The van der Waals surface area contributed by atoms with Crippen LogP contribution in [0.15, 0.2) is 0 Å². The molecule has 0 heterocycles. The van der Waals surface area contributed by atoms with E-state index >= 15 is 0 Å². The maximum absolute atomic E-state index is 11.5. The van der Waals surface area contributed by atoms with Crippen LogP contribution in [0.1, 0.15) is 44.9 Å². The maximum Gasteiger partial charge on any atom is 0.136 e. The number of Topliss-reactive ketones (excluding diaryl/α,β-unsaturated/α-hetero) is 1. The highest BCUT2D eigenvalue weighted by Crippen LogP contribution is 2.34. The van der Waals surface area contributed by atoms with Crippen molar-refractivity contribution in [1.82, 2.24) is 0 Å². The minimum absolute atomic E-state index is 0.461. The van der Waals surface area contributed by atoms with E-state index in [0.717, 1.165) is 12.3 Å². The molecular weight excluding hydrogens is 136 g/mol. The van der Waals surface area contributed by atoms with Crippen molar-refractivity contribution >= 4 is 5.78 Å². The van der Waals surface area contributed by atoms with Crippen molar-refractivity contribution in [3.8, 4) is 0 Å². The Morgan fingerprint density at radius 1 is 1.00 bits per heavy atom. The van der Waals surface area contributed by atoms with Crippen LogP contribution < -0.4 is 0 Å². The van der Waals surface area contributed by atoms with Gasteiger partial charge in [-0.3, -0.25) is 4.79 Å². The lowest BCUT2D eigenvalue weighted by molar-refractivity contribution is -0.123. The first-order valence-electron chi connectivity index (χ1n) is 4.89. The fraction of sp³-hybridized carbons (Fsp3) is 0.900. The van der Waals surface area contributed by atoms with Crippen molar-refractivity contribution in [1.29, 1.82) is 0 Å². The summed E-state index contributed by atoms with van der Waals surface area (Å²) in [5.74, 6) is 1.79. The van der Waals surface area contributed by atoms with E-state index in [1.807, 2.05) is 0 Å². The van der Waals surface area contributed by atoms with Gasteiger partial charge in [-0.2, -0.15) is 0 Å². The Balaban J connectivity index is 2.14. The molecule has 2 aliphatic carbocycles. The fourth-order valence-electron chi connectivity index (χ4n) is 2.57. The maximum atomic E-state index is 11.5. The van der Waals surface area contributed by atoms with E-state index in [1.165, 1.54) is 38.5 Å². The first-order valence-corrected chi connectivity index (χ1v) is 4.89. The molecule has 1 heteroatoms. The summed E-state index contributed by atoms with van der Waals surface area (Å²) in [5.41, 5.74) is 0. The molecule has 0 N–H and O–H groups in total. The SMILES string of the molecule is O=C1CC2CCCC1CCC2. The summed E-state index contributed by atoms with van der Waals surface area (Å²) >= 11 is 0. The third kappa shape index (κ3) is 1.47. The monoisotopic (exact) mass is 152 g/mol. The molecule has 2 bridgehead atoms. The van der Waals surface area contributed by atoms with E-state index in [-0.39, 0.29) is 0 Å². The third-order valence-corrected chi connectivity index (χ3v) is 3.28. The van der Waals surface area contributed by atoms with Gasteiger partial charge in [-0.25, -0.2) is 0 Å². The highest BCUT2D eigenvalue weighted by atomic mass is 16.1.